The number of ether oxygens (including phenoxy) is 1. The Bertz CT molecular complexity index is 1390. The molecule has 8 nitrogen and oxygen atoms in total. The standard InChI is InChI=1S/C27H26ClN5O3/c1-32(2)16-15-29-26(34)19-7-6-8-21(17-19)31-25-24(36-23-13-11-20(28)12-14-23)18-30-33(27(25)35)22-9-4-3-5-10-22/h3-14,17-18,31H,15-16H2,1-2H3,(H,29,34). The van der Waals surface area contributed by atoms with Crippen LogP contribution < -0.4 is 20.9 Å². The van der Waals surface area contributed by atoms with E-state index in [9.17, 15) is 9.59 Å². The molecule has 1 aromatic heterocycles. The normalized spacial score (nSPS) is 10.8. The Balaban J connectivity index is 1.67. The fourth-order valence-electron chi connectivity index (χ4n) is 3.39. The van der Waals surface area contributed by atoms with Crippen LogP contribution in [0.4, 0.5) is 11.4 Å². The van der Waals surface area contributed by atoms with Gasteiger partial charge in [-0.25, -0.2) is 0 Å². The van der Waals surface area contributed by atoms with E-state index in [-0.39, 0.29) is 17.3 Å². The van der Waals surface area contributed by atoms with E-state index >= 15 is 0 Å². The largest absolute Gasteiger partial charge is 0.453 e. The van der Waals surface area contributed by atoms with Gasteiger partial charge < -0.3 is 20.3 Å². The number of nitrogens with one attached hydrogen (secondary N) is 2. The molecule has 184 valence electrons. The Morgan fingerprint density at radius 2 is 1.78 bits per heavy atom. The number of benzene rings is 3. The number of anilines is 2. The molecular formula is C27H26ClN5O3. The minimum atomic E-state index is -0.409. The van der Waals surface area contributed by atoms with Crippen molar-refractivity contribution in [2.45, 2.75) is 0 Å². The number of halogens is 1. The molecule has 0 aliphatic heterocycles. The first-order valence-electron chi connectivity index (χ1n) is 11.3. The number of hydrogen-bond acceptors (Lipinski definition) is 6. The van der Waals surface area contributed by atoms with Gasteiger partial charge in [0.1, 0.15) is 5.75 Å². The summed E-state index contributed by atoms with van der Waals surface area (Å²) in [5, 5.41) is 10.9. The van der Waals surface area contributed by atoms with Gasteiger partial charge >= 0.3 is 0 Å². The molecule has 0 aliphatic rings. The van der Waals surface area contributed by atoms with Crippen molar-refractivity contribution < 1.29 is 9.53 Å². The summed E-state index contributed by atoms with van der Waals surface area (Å²) in [6.45, 7) is 1.25. The zero-order valence-electron chi connectivity index (χ0n) is 19.9. The Hall–Kier alpha value is -4.14. The maximum absolute atomic E-state index is 13.5. The van der Waals surface area contributed by atoms with E-state index in [0.29, 0.717) is 34.3 Å². The molecule has 0 unspecified atom stereocenters. The lowest BCUT2D eigenvalue weighted by molar-refractivity contribution is 0.0951. The van der Waals surface area contributed by atoms with E-state index in [2.05, 4.69) is 15.7 Å². The highest BCUT2D eigenvalue weighted by atomic mass is 35.5. The number of aromatic nitrogens is 2. The molecule has 2 N–H and O–H groups in total. The second kappa shape index (κ2) is 11.5. The van der Waals surface area contributed by atoms with Crippen LogP contribution in [0.5, 0.6) is 11.5 Å². The van der Waals surface area contributed by atoms with E-state index in [1.807, 2.05) is 37.2 Å². The molecule has 4 rings (SSSR count). The van der Waals surface area contributed by atoms with E-state index in [1.165, 1.54) is 10.9 Å². The van der Waals surface area contributed by atoms with Gasteiger partial charge in [0.2, 0.25) is 0 Å². The average molecular weight is 504 g/mol. The molecule has 3 aromatic carbocycles. The van der Waals surface area contributed by atoms with Crippen molar-refractivity contribution >= 4 is 28.9 Å². The van der Waals surface area contributed by atoms with Gasteiger partial charge in [0.25, 0.3) is 11.5 Å². The van der Waals surface area contributed by atoms with Crippen molar-refractivity contribution in [3.05, 3.63) is 106 Å². The third-order valence-electron chi connectivity index (χ3n) is 5.22. The van der Waals surface area contributed by atoms with Crippen LogP contribution in [0.3, 0.4) is 0 Å². The van der Waals surface area contributed by atoms with Crippen LogP contribution >= 0.6 is 11.6 Å². The zero-order chi connectivity index (χ0) is 25.5. The summed E-state index contributed by atoms with van der Waals surface area (Å²) >= 11 is 5.99. The van der Waals surface area contributed by atoms with Crippen LogP contribution in [0, 0.1) is 0 Å². The Morgan fingerprint density at radius 1 is 1.03 bits per heavy atom. The molecule has 4 aromatic rings. The van der Waals surface area contributed by atoms with Gasteiger partial charge in [0, 0.05) is 29.4 Å². The highest BCUT2D eigenvalue weighted by Crippen LogP contribution is 2.29. The molecule has 0 bridgehead atoms. The summed E-state index contributed by atoms with van der Waals surface area (Å²) < 4.78 is 7.27. The smallest absolute Gasteiger partial charge is 0.299 e. The summed E-state index contributed by atoms with van der Waals surface area (Å²) in [5.41, 5.74) is 1.40. The Kier molecular flexibility index (Phi) is 7.99. The van der Waals surface area contributed by atoms with Gasteiger partial charge in [0.05, 0.1) is 11.9 Å². The quantitative estimate of drug-likeness (QED) is 0.344. The van der Waals surface area contributed by atoms with Crippen molar-refractivity contribution in [1.29, 1.82) is 0 Å². The highest BCUT2D eigenvalue weighted by Gasteiger charge is 2.16. The van der Waals surface area contributed by atoms with Crippen molar-refractivity contribution in [1.82, 2.24) is 20.0 Å². The van der Waals surface area contributed by atoms with Crippen LogP contribution in [0.15, 0.2) is 89.9 Å². The third-order valence-corrected chi connectivity index (χ3v) is 5.48. The summed E-state index contributed by atoms with van der Waals surface area (Å²) in [6, 6.07) is 22.8. The van der Waals surface area contributed by atoms with Gasteiger partial charge in [-0.15, -0.1) is 0 Å². The number of carbonyl (C=O) groups excluding carboxylic acids is 1. The molecule has 9 heteroatoms. The topological polar surface area (TPSA) is 88.5 Å². The van der Waals surface area contributed by atoms with Crippen LogP contribution in [-0.4, -0.2) is 47.8 Å². The molecule has 1 heterocycles. The van der Waals surface area contributed by atoms with E-state index in [1.54, 1.807) is 60.7 Å². The molecule has 0 spiro atoms. The predicted octanol–water partition coefficient (Wildman–Crippen LogP) is 4.71. The lowest BCUT2D eigenvalue weighted by Gasteiger charge is -2.15. The number of likely N-dealkylation sites (N-methyl/N-ethyl adjacent to an activating group) is 1. The summed E-state index contributed by atoms with van der Waals surface area (Å²) in [6.07, 6.45) is 1.48. The van der Waals surface area contributed by atoms with E-state index < -0.39 is 5.56 Å². The van der Waals surface area contributed by atoms with Crippen LogP contribution in [0.2, 0.25) is 5.02 Å². The molecule has 0 aliphatic carbocycles. The molecule has 0 atom stereocenters. The second-order valence-corrected chi connectivity index (χ2v) is 8.69. The van der Waals surface area contributed by atoms with Gasteiger partial charge in [0.15, 0.2) is 11.4 Å². The number of carbonyl (C=O) groups is 1. The first kappa shape index (κ1) is 25.0. The molecule has 0 saturated heterocycles. The maximum atomic E-state index is 13.5. The fourth-order valence-corrected chi connectivity index (χ4v) is 3.52. The predicted molar refractivity (Wildman–Crippen MR) is 142 cm³/mol. The molecule has 1 amide bonds. The Morgan fingerprint density at radius 3 is 2.50 bits per heavy atom. The molecule has 0 saturated carbocycles. The summed E-state index contributed by atoms with van der Waals surface area (Å²) in [5.74, 6) is 0.528. The Labute approximate surface area is 214 Å². The zero-order valence-corrected chi connectivity index (χ0v) is 20.7. The summed E-state index contributed by atoms with van der Waals surface area (Å²) in [4.78, 5) is 28.1. The monoisotopic (exact) mass is 503 g/mol. The molecule has 36 heavy (non-hydrogen) atoms. The van der Waals surface area contributed by atoms with Crippen molar-refractivity contribution in [2.24, 2.45) is 0 Å². The van der Waals surface area contributed by atoms with Gasteiger partial charge in [-0.3, -0.25) is 9.59 Å². The molecule has 0 radical (unpaired) electrons. The van der Waals surface area contributed by atoms with Gasteiger partial charge in [-0.1, -0.05) is 35.9 Å². The first-order valence-corrected chi connectivity index (χ1v) is 11.7. The van der Waals surface area contributed by atoms with Gasteiger partial charge in [-0.2, -0.15) is 9.78 Å². The van der Waals surface area contributed by atoms with Crippen LogP contribution in [0.25, 0.3) is 5.69 Å². The minimum absolute atomic E-state index is 0.175. The van der Waals surface area contributed by atoms with Gasteiger partial charge in [-0.05, 0) is 68.7 Å². The number of rotatable bonds is 9. The highest BCUT2D eigenvalue weighted by molar-refractivity contribution is 6.30. The summed E-state index contributed by atoms with van der Waals surface area (Å²) in [7, 11) is 3.88. The molecular weight excluding hydrogens is 478 g/mol. The lowest BCUT2D eigenvalue weighted by Crippen LogP contribution is -2.31. The van der Waals surface area contributed by atoms with Crippen LogP contribution in [-0.2, 0) is 0 Å². The number of para-hydroxylation sites is 1. The minimum Gasteiger partial charge on any atom is -0.453 e. The number of amides is 1. The average Bonchev–Trinajstić information content (AvgIpc) is 2.88. The fraction of sp³-hybridized carbons (Fsp3) is 0.148. The first-order chi connectivity index (χ1) is 17.4. The second-order valence-electron chi connectivity index (χ2n) is 8.26. The number of hydrogen-bond donors (Lipinski definition) is 2. The third kappa shape index (κ3) is 6.29. The van der Waals surface area contributed by atoms with E-state index in [4.69, 9.17) is 16.3 Å². The van der Waals surface area contributed by atoms with Crippen molar-refractivity contribution in [3.63, 3.8) is 0 Å². The SMILES string of the molecule is CN(C)CCNC(=O)c1cccc(Nc2c(Oc3ccc(Cl)cc3)cnn(-c3ccccc3)c2=O)c1. The lowest BCUT2D eigenvalue weighted by atomic mass is 10.2. The van der Waals surface area contributed by atoms with Crippen LogP contribution in [0.1, 0.15) is 10.4 Å². The van der Waals surface area contributed by atoms with Crippen molar-refractivity contribution in [2.75, 3.05) is 32.5 Å². The number of nitrogens with zero attached hydrogens (tertiary/aromatic N) is 3. The van der Waals surface area contributed by atoms with Crippen molar-refractivity contribution in [3.8, 4) is 17.2 Å². The maximum Gasteiger partial charge on any atom is 0.299 e. The van der Waals surface area contributed by atoms with E-state index in [0.717, 1.165) is 6.54 Å². The molecule has 0 fully saturated rings.